The maximum atomic E-state index is 13.0. The molecule has 0 heterocycles. The van der Waals surface area contributed by atoms with Crippen molar-refractivity contribution in [2.45, 2.75) is 67.2 Å². The zero-order chi connectivity index (χ0) is 24.5. The molecule has 2 aromatic rings. The van der Waals surface area contributed by atoms with Gasteiger partial charge in [0.25, 0.3) is 0 Å². The fourth-order valence-corrected chi connectivity index (χ4v) is 3.69. The predicted octanol–water partition coefficient (Wildman–Crippen LogP) is 7.18. The Bertz CT molecular complexity index is 973. The maximum Gasteiger partial charge on any atom is 0.345 e. The van der Waals surface area contributed by atoms with Crippen molar-refractivity contribution in [1.29, 1.82) is 0 Å². The topological polar surface area (TPSA) is 59.9 Å². The Kier molecular flexibility index (Phi) is 9.71. The second kappa shape index (κ2) is 12.2. The molecule has 2 aromatic carbocycles. The normalized spacial score (nSPS) is 12.3. The summed E-state index contributed by atoms with van der Waals surface area (Å²) < 4.78 is 11.3. The van der Waals surface area contributed by atoms with Gasteiger partial charge in [-0.3, -0.25) is 4.99 Å². The number of hydrogen-bond donors (Lipinski definition) is 1. The van der Waals surface area contributed by atoms with E-state index in [0.717, 1.165) is 33.6 Å². The number of benzene rings is 2. The van der Waals surface area contributed by atoms with E-state index in [9.17, 15) is 4.79 Å². The Morgan fingerprint density at radius 2 is 1.42 bits per heavy atom. The van der Waals surface area contributed by atoms with Crippen molar-refractivity contribution in [2.75, 3.05) is 18.5 Å². The van der Waals surface area contributed by atoms with Gasteiger partial charge < -0.3 is 14.8 Å². The van der Waals surface area contributed by atoms with Crippen LogP contribution in [0.4, 0.5) is 11.4 Å². The maximum absolute atomic E-state index is 13.0. The summed E-state index contributed by atoms with van der Waals surface area (Å²) in [5.74, 6) is 0.462. The second-order valence-electron chi connectivity index (χ2n) is 8.64. The largest absolute Gasteiger partial charge is 0.479 e. The number of nitrogens with zero attached hydrogens (tertiary/aromatic N) is 1. The van der Waals surface area contributed by atoms with Gasteiger partial charge in [-0.2, -0.15) is 0 Å². The molecule has 0 bridgehead atoms. The molecule has 0 fully saturated rings. The van der Waals surface area contributed by atoms with Gasteiger partial charge in [0.1, 0.15) is 5.57 Å². The third kappa shape index (κ3) is 6.70. The average molecular weight is 451 g/mol. The Morgan fingerprint density at radius 1 is 0.909 bits per heavy atom. The van der Waals surface area contributed by atoms with Crippen molar-refractivity contribution in [3.05, 3.63) is 70.1 Å². The molecule has 5 nitrogen and oxygen atoms in total. The third-order valence-electron chi connectivity index (χ3n) is 5.40. The number of aryl methyl sites for hydroxylation is 2. The van der Waals surface area contributed by atoms with E-state index in [2.05, 4.69) is 56.2 Å². The van der Waals surface area contributed by atoms with Crippen LogP contribution in [0.15, 0.2) is 52.8 Å². The van der Waals surface area contributed by atoms with Gasteiger partial charge in [0.2, 0.25) is 5.88 Å². The molecule has 0 unspecified atom stereocenters. The molecule has 1 N–H and O–H groups in total. The molecule has 0 amide bonds. The van der Waals surface area contributed by atoms with Crippen LogP contribution in [0, 0.1) is 13.8 Å². The summed E-state index contributed by atoms with van der Waals surface area (Å²) >= 11 is 0. The zero-order valence-electron chi connectivity index (χ0n) is 21.3. The summed E-state index contributed by atoms with van der Waals surface area (Å²) in [6, 6.07) is 12.3. The highest BCUT2D eigenvalue weighted by Crippen LogP contribution is 2.34. The average Bonchev–Trinajstić information content (AvgIpc) is 2.75. The number of hydrogen-bond acceptors (Lipinski definition) is 5. The standard InChI is InChI=1S/C28H38N2O3/c1-9-32-27(30-26-22(18(3)4)15-12-16-23(26)19(5)6)24(28(31)33-10-2)17-29-25-20(7)13-11-14-21(25)8/h11-19,30H,9-10H2,1-8H3/b27-24-,29-17?. The van der Waals surface area contributed by atoms with Crippen molar-refractivity contribution in [1.82, 2.24) is 0 Å². The first kappa shape index (κ1) is 26.2. The van der Waals surface area contributed by atoms with Crippen LogP contribution in [0.2, 0.25) is 0 Å². The van der Waals surface area contributed by atoms with E-state index in [1.165, 1.54) is 0 Å². The van der Waals surface area contributed by atoms with Crippen LogP contribution in [0.3, 0.4) is 0 Å². The van der Waals surface area contributed by atoms with E-state index in [1.807, 2.05) is 39.0 Å². The van der Waals surface area contributed by atoms with Gasteiger partial charge in [0, 0.05) is 11.9 Å². The highest BCUT2D eigenvalue weighted by Gasteiger charge is 2.21. The fourth-order valence-electron chi connectivity index (χ4n) is 3.69. The van der Waals surface area contributed by atoms with Gasteiger partial charge in [-0.25, -0.2) is 4.79 Å². The lowest BCUT2D eigenvalue weighted by atomic mass is 9.92. The van der Waals surface area contributed by atoms with Crippen LogP contribution in [0.1, 0.15) is 75.6 Å². The van der Waals surface area contributed by atoms with Crippen LogP contribution < -0.4 is 5.32 Å². The number of esters is 1. The van der Waals surface area contributed by atoms with Gasteiger partial charge >= 0.3 is 5.97 Å². The monoisotopic (exact) mass is 450 g/mol. The third-order valence-corrected chi connectivity index (χ3v) is 5.40. The molecule has 33 heavy (non-hydrogen) atoms. The second-order valence-corrected chi connectivity index (χ2v) is 8.64. The van der Waals surface area contributed by atoms with E-state index in [-0.39, 0.29) is 12.2 Å². The summed E-state index contributed by atoms with van der Waals surface area (Å²) in [4.78, 5) is 17.7. The Labute approximate surface area is 198 Å². The zero-order valence-corrected chi connectivity index (χ0v) is 21.3. The molecule has 0 atom stereocenters. The lowest BCUT2D eigenvalue weighted by Crippen LogP contribution is -2.19. The number of rotatable bonds is 10. The minimum atomic E-state index is -0.475. The molecule has 0 aliphatic rings. The first-order valence-electron chi connectivity index (χ1n) is 11.7. The van der Waals surface area contributed by atoms with Crippen molar-refractivity contribution >= 4 is 23.6 Å². The minimum absolute atomic E-state index is 0.259. The number of carbonyl (C=O) groups is 1. The lowest BCUT2D eigenvalue weighted by Gasteiger charge is -2.23. The Morgan fingerprint density at radius 3 is 1.91 bits per heavy atom. The molecule has 178 valence electrons. The number of ether oxygens (including phenoxy) is 2. The molecule has 2 rings (SSSR count). The SMILES string of the molecule is CCOC(=O)/C(C=Nc1c(C)cccc1C)=C(/Nc1c(C(C)C)cccc1C(C)C)OCC. The summed E-state index contributed by atoms with van der Waals surface area (Å²) in [6.45, 7) is 17.0. The lowest BCUT2D eigenvalue weighted by molar-refractivity contribution is -0.138. The first-order valence-corrected chi connectivity index (χ1v) is 11.7. The minimum Gasteiger partial charge on any atom is -0.479 e. The van der Waals surface area contributed by atoms with Gasteiger partial charge in [-0.05, 0) is 61.8 Å². The molecule has 0 radical (unpaired) electrons. The number of carbonyl (C=O) groups excluding carboxylic acids is 1. The molecule has 0 aliphatic heterocycles. The van der Waals surface area contributed by atoms with E-state index in [4.69, 9.17) is 9.47 Å². The van der Waals surface area contributed by atoms with Crippen LogP contribution >= 0.6 is 0 Å². The predicted molar refractivity (Wildman–Crippen MR) is 138 cm³/mol. The van der Waals surface area contributed by atoms with E-state index in [0.29, 0.717) is 24.3 Å². The molecule has 0 saturated carbocycles. The number of anilines is 1. The van der Waals surface area contributed by atoms with Crippen molar-refractivity contribution in [3.8, 4) is 0 Å². The van der Waals surface area contributed by atoms with E-state index >= 15 is 0 Å². The number of para-hydroxylation sites is 2. The van der Waals surface area contributed by atoms with E-state index in [1.54, 1.807) is 13.1 Å². The van der Waals surface area contributed by atoms with Crippen LogP contribution in [-0.2, 0) is 14.3 Å². The molecule has 0 aliphatic carbocycles. The van der Waals surface area contributed by atoms with Gasteiger partial charge in [0.05, 0.1) is 18.9 Å². The van der Waals surface area contributed by atoms with Crippen LogP contribution in [0.5, 0.6) is 0 Å². The molecule has 0 aromatic heterocycles. The van der Waals surface area contributed by atoms with Crippen molar-refractivity contribution in [2.24, 2.45) is 4.99 Å². The highest BCUT2D eigenvalue weighted by molar-refractivity contribution is 6.11. The van der Waals surface area contributed by atoms with Gasteiger partial charge in [0.15, 0.2) is 0 Å². The molecular weight excluding hydrogens is 412 g/mol. The molecular formula is C28H38N2O3. The number of nitrogens with one attached hydrogen (secondary N) is 1. The smallest absolute Gasteiger partial charge is 0.345 e. The van der Waals surface area contributed by atoms with Crippen LogP contribution in [-0.4, -0.2) is 25.4 Å². The molecule has 5 heteroatoms. The summed E-state index contributed by atoms with van der Waals surface area (Å²) in [6.07, 6.45) is 1.55. The quantitative estimate of drug-likeness (QED) is 0.180. The Balaban J connectivity index is 2.68. The molecule has 0 saturated heterocycles. The van der Waals surface area contributed by atoms with Crippen LogP contribution in [0.25, 0.3) is 0 Å². The van der Waals surface area contributed by atoms with Gasteiger partial charge in [-0.15, -0.1) is 0 Å². The van der Waals surface area contributed by atoms with Gasteiger partial charge in [-0.1, -0.05) is 64.1 Å². The van der Waals surface area contributed by atoms with Crippen molar-refractivity contribution in [3.63, 3.8) is 0 Å². The Hall–Kier alpha value is -3.08. The molecule has 0 spiro atoms. The summed E-state index contributed by atoms with van der Waals surface area (Å²) in [7, 11) is 0. The van der Waals surface area contributed by atoms with E-state index < -0.39 is 5.97 Å². The summed E-state index contributed by atoms with van der Waals surface area (Å²) in [5.41, 5.74) is 6.45. The summed E-state index contributed by atoms with van der Waals surface area (Å²) in [5, 5.41) is 3.45. The fraction of sp³-hybridized carbons (Fsp3) is 0.429. The highest BCUT2D eigenvalue weighted by atomic mass is 16.5. The number of aliphatic imine (C=N–C) groups is 1. The van der Waals surface area contributed by atoms with Crippen molar-refractivity contribution < 1.29 is 14.3 Å². The first-order chi connectivity index (χ1) is 15.7.